The Bertz CT molecular complexity index is 1010. The minimum Gasteiger partial charge on any atom is -0.368 e. The first-order valence-corrected chi connectivity index (χ1v) is 10.9. The number of para-hydroxylation sites is 2. The fourth-order valence-electron chi connectivity index (χ4n) is 3.84. The molecule has 4 rings (SSSR count). The molecule has 6 nitrogen and oxygen atoms in total. The molecule has 1 aliphatic heterocycles. The molecule has 0 radical (unpaired) electrons. The topological polar surface area (TPSA) is 53.1 Å². The van der Waals surface area contributed by atoms with Crippen LogP contribution in [0.5, 0.6) is 0 Å². The van der Waals surface area contributed by atoms with E-state index in [4.69, 9.17) is 4.74 Å². The van der Waals surface area contributed by atoms with Crippen molar-refractivity contribution in [2.45, 2.75) is 0 Å². The van der Waals surface area contributed by atoms with Crippen LogP contribution in [0.3, 0.4) is 0 Å². The molecule has 170 valence electrons. The van der Waals surface area contributed by atoms with Crippen molar-refractivity contribution in [2.75, 3.05) is 49.2 Å². The highest BCUT2D eigenvalue weighted by molar-refractivity contribution is 6.01. The summed E-state index contributed by atoms with van der Waals surface area (Å²) >= 11 is 0. The number of carbonyl (C=O) groups excluding carboxylic acids is 2. The number of anilines is 3. The molecule has 2 amide bonds. The van der Waals surface area contributed by atoms with Crippen molar-refractivity contribution >= 4 is 28.9 Å². The summed E-state index contributed by atoms with van der Waals surface area (Å²) < 4.78 is 18.6. The highest BCUT2D eigenvalue weighted by atomic mass is 19.1. The molecule has 3 aromatic carbocycles. The zero-order valence-electron chi connectivity index (χ0n) is 18.3. The number of benzene rings is 3. The quantitative estimate of drug-likeness (QED) is 0.552. The number of rotatable bonds is 7. The third-order valence-electron chi connectivity index (χ3n) is 5.55. The molecule has 0 bridgehead atoms. The molecule has 3 aromatic rings. The number of hydrogen-bond donors (Lipinski definition) is 0. The second kappa shape index (κ2) is 10.7. The molecule has 0 saturated carbocycles. The number of piperazine rings is 1. The summed E-state index contributed by atoms with van der Waals surface area (Å²) in [5.74, 6) is -0.661. The average molecular weight is 448 g/mol. The van der Waals surface area contributed by atoms with E-state index in [2.05, 4.69) is 4.90 Å². The molecule has 0 spiro atoms. The lowest BCUT2D eigenvalue weighted by molar-refractivity contribution is -0.138. The smallest absolute Gasteiger partial charge is 0.257 e. The maximum Gasteiger partial charge on any atom is 0.257 e. The van der Waals surface area contributed by atoms with Crippen LogP contribution in [-0.2, 0) is 14.3 Å². The van der Waals surface area contributed by atoms with Crippen molar-refractivity contribution in [1.82, 2.24) is 4.90 Å². The Kier molecular flexibility index (Phi) is 7.32. The van der Waals surface area contributed by atoms with Crippen LogP contribution >= 0.6 is 0 Å². The molecular weight excluding hydrogens is 421 g/mol. The van der Waals surface area contributed by atoms with Crippen molar-refractivity contribution in [2.24, 2.45) is 0 Å². The summed E-state index contributed by atoms with van der Waals surface area (Å²) in [4.78, 5) is 31.0. The van der Waals surface area contributed by atoms with Crippen LogP contribution in [0, 0.1) is 5.82 Å². The largest absolute Gasteiger partial charge is 0.368 e. The lowest BCUT2D eigenvalue weighted by atomic mass is 10.2. The normalized spacial score (nSPS) is 13.6. The van der Waals surface area contributed by atoms with Crippen LogP contribution < -0.4 is 9.80 Å². The lowest BCUT2D eigenvalue weighted by Gasteiger charge is -2.36. The fraction of sp³-hybridized carbons (Fsp3) is 0.231. The molecule has 0 N–H and O–H groups in total. The average Bonchev–Trinajstić information content (AvgIpc) is 2.86. The van der Waals surface area contributed by atoms with Crippen LogP contribution in [0.15, 0.2) is 84.9 Å². The number of amides is 2. The van der Waals surface area contributed by atoms with Gasteiger partial charge in [0.05, 0.1) is 0 Å². The zero-order chi connectivity index (χ0) is 23.0. The van der Waals surface area contributed by atoms with Gasteiger partial charge < -0.3 is 14.5 Å². The van der Waals surface area contributed by atoms with E-state index < -0.39 is 0 Å². The van der Waals surface area contributed by atoms with E-state index >= 15 is 0 Å². The summed E-state index contributed by atoms with van der Waals surface area (Å²) in [6, 6.07) is 25.0. The van der Waals surface area contributed by atoms with Gasteiger partial charge in [0.15, 0.2) is 0 Å². The Labute approximate surface area is 192 Å². The van der Waals surface area contributed by atoms with Crippen LogP contribution in [-0.4, -0.2) is 56.1 Å². The molecule has 7 heteroatoms. The van der Waals surface area contributed by atoms with E-state index in [0.29, 0.717) is 26.2 Å². The van der Waals surface area contributed by atoms with Gasteiger partial charge in [-0.25, -0.2) is 4.39 Å². The third-order valence-corrected chi connectivity index (χ3v) is 5.55. The Morgan fingerprint density at radius 3 is 1.85 bits per heavy atom. The Hall–Kier alpha value is -3.71. The van der Waals surface area contributed by atoms with Gasteiger partial charge in [-0.15, -0.1) is 0 Å². The van der Waals surface area contributed by atoms with Crippen molar-refractivity contribution in [3.05, 3.63) is 90.7 Å². The SMILES string of the molecule is O=C(COCC(=O)N(c1ccccc1)c1ccccc1)N1CCN(c2ccc(F)cc2)CC1. The first kappa shape index (κ1) is 22.5. The second-order valence-electron chi connectivity index (χ2n) is 7.74. The van der Waals surface area contributed by atoms with E-state index in [-0.39, 0.29) is 30.8 Å². The Balaban J connectivity index is 1.29. The number of carbonyl (C=O) groups is 2. The van der Waals surface area contributed by atoms with E-state index in [1.807, 2.05) is 60.7 Å². The van der Waals surface area contributed by atoms with Crippen LogP contribution in [0.1, 0.15) is 0 Å². The first-order valence-electron chi connectivity index (χ1n) is 10.9. The van der Waals surface area contributed by atoms with Gasteiger partial charge >= 0.3 is 0 Å². The summed E-state index contributed by atoms with van der Waals surface area (Å²) in [7, 11) is 0. The molecule has 0 aromatic heterocycles. The molecule has 1 fully saturated rings. The van der Waals surface area contributed by atoms with E-state index in [0.717, 1.165) is 17.1 Å². The highest BCUT2D eigenvalue weighted by Gasteiger charge is 2.23. The van der Waals surface area contributed by atoms with Gasteiger partial charge in [-0.1, -0.05) is 36.4 Å². The van der Waals surface area contributed by atoms with Crippen LogP contribution in [0.4, 0.5) is 21.5 Å². The molecule has 1 heterocycles. The predicted molar refractivity (Wildman–Crippen MR) is 126 cm³/mol. The van der Waals surface area contributed by atoms with Crippen molar-refractivity contribution in [3.8, 4) is 0 Å². The van der Waals surface area contributed by atoms with Gasteiger partial charge in [-0.05, 0) is 48.5 Å². The van der Waals surface area contributed by atoms with Crippen molar-refractivity contribution in [1.29, 1.82) is 0 Å². The summed E-state index contributed by atoms with van der Waals surface area (Å²) in [5, 5.41) is 0. The molecular formula is C26H26FN3O3. The van der Waals surface area contributed by atoms with Gasteiger partial charge in [-0.2, -0.15) is 0 Å². The minimum atomic E-state index is -0.266. The predicted octanol–water partition coefficient (Wildman–Crippen LogP) is 3.86. The standard InChI is InChI=1S/C26H26FN3O3/c27-21-11-13-22(14-12-21)28-15-17-29(18-16-28)25(31)19-33-20-26(32)30(23-7-3-1-4-8-23)24-9-5-2-6-10-24/h1-14H,15-20H2. The highest BCUT2D eigenvalue weighted by Crippen LogP contribution is 2.25. The van der Waals surface area contributed by atoms with E-state index in [1.54, 1.807) is 21.9 Å². The van der Waals surface area contributed by atoms with Gasteiger partial charge in [0.2, 0.25) is 5.91 Å². The molecule has 1 aliphatic rings. The Morgan fingerprint density at radius 2 is 1.30 bits per heavy atom. The number of hydrogen-bond acceptors (Lipinski definition) is 4. The Morgan fingerprint density at radius 1 is 0.758 bits per heavy atom. The third kappa shape index (κ3) is 5.75. The van der Waals surface area contributed by atoms with Gasteiger partial charge in [0, 0.05) is 43.2 Å². The molecule has 1 saturated heterocycles. The maximum atomic E-state index is 13.1. The summed E-state index contributed by atoms with van der Waals surface area (Å²) in [6.45, 7) is 2.06. The van der Waals surface area contributed by atoms with Gasteiger partial charge in [0.25, 0.3) is 5.91 Å². The zero-order valence-corrected chi connectivity index (χ0v) is 18.3. The van der Waals surface area contributed by atoms with E-state index in [9.17, 15) is 14.0 Å². The van der Waals surface area contributed by atoms with Crippen molar-refractivity contribution < 1.29 is 18.7 Å². The second-order valence-corrected chi connectivity index (χ2v) is 7.74. The number of ether oxygens (including phenoxy) is 1. The molecule has 0 atom stereocenters. The lowest BCUT2D eigenvalue weighted by Crippen LogP contribution is -2.50. The monoisotopic (exact) mass is 447 g/mol. The molecule has 33 heavy (non-hydrogen) atoms. The maximum absolute atomic E-state index is 13.1. The fourth-order valence-corrected chi connectivity index (χ4v) is 3.84. The first-order chi connectivity index (χ1) is 16.1. The van der Waals surface area contributed by atoms with Crippen LogP contribution in [0.25, 0.3) is 0 Å². The van der Waals surface area contributed by atoms with Crippen LogP contribution in [0.2, 0.25) is 0 Å². The number of nitrogens with zero attached hydrogens (tertiary/aromatic N) is 3. The molecule has 0 unspecified atom stereocenters. The van der Waals surface area contributed by atoms with Gasteiger partial charge in [-0.3, -0.25) is 14.5 Å². The molecule has 0 aliphatic carbocycles. The van der Waals surface area contributed by atoms with E-state index in [1.165, 1.54) is 12.1 Å². The minimum absolute atomic E-state index is 0.146. The van der Waals surface area contributed by atoms with Gasteiger partial charge in [0.1, 0.15) is 19.0 Å². The summed E-state index contributed by atoms with van der Waals surface area (Å²) in [5.41, 5.74) is 2.41. The number of halogens is 1. The summed E-state index contributed by atoms with van der Waals surface area (Å²) in [6.07, 6.45) is 0. The van der Waals surface area contributed by atoms with Crippen molar-refractivity contribution in [3.63, 3.8) is 0 Å².